The number of hydrogen-bond acceptors (Lipinski definition) is 6. The Hall–Kier alpha value is -2.18. The van der Waals surface area contributed by atoms with Crippen LogP contribution in [-0.2, 0) is 16.6 Å². The molecule has 0 aliphatic carbocycles. The van der Waals surface area contributed by atoms with Crippen molar-refractivity contribution in [1.29, 1.82) is 0 Å². The van der Waals surface area contributed by atoms with Crippen LogP contribution in [0.15, 0.2) is 12.5 Å². The molecule has 2 heterocycles. The highest BCUT2D eigenvalue weighted by Crippen LogP contribution is 2.20. The fourth-order valence-electron chi connectivity index (χ4n) is 1.85. The topological polar surface area (TPSA) is 81.9 Å². The molecule has 0 saturated carbocycles. The molecule has 0 aliphatic rings. The van der Waals surface area contributed by atoms with Crippen LogP contribution in [0.2, 0.25) is 0 Å². The van der Waals surface area contributed by atoms with Crippen LogP contribution in [0, 0.1) is 5.92 Å². The number of esters is 1. The number of hydrogen-bond donors (Lipinski definition) is 1. The van der Waals surface area contributed by atoms with E-state index in [0.717, 1.165) is 5.39 Å². The third-order valence-electron chi connectivity index (χ3n) is 2.94. The van der Waals surface area contributed by atoms with Gasteiger partial charge in [0.25, 0.3) is 0 Å². The van der Waals surface area contributed by atoms with Crippen LogP contribution >= 0.6 is 0 Å². The van der Waals surface area contributed by atoms with Gasteiger partial charge in [0.1, 0.15) is 18.2 Å². The van der Waals surface area contributed by atoms with Crippen LogP contribution < -0.4 is 5.32 Å². The summed E-state index contributed by atoms with van der Waals surface area (Å²) >= 11 is 0. The molecule has 0 amide bonds. The maximum Gasteiger partial charge on any atom is 0.328 e. The Kier molecular flexibility index (Phi) is 3.64. The second-order valence-corrected chi connectivity index (χ2v) is 4.62. The minimum absolute atomic E-state index is 0.0779. The van der Waals surface area contributed by atoms with E-state index >= 15 is 0 Å². The largest absolute Gasteiger partial charge is 0.467 e. The molecule has 1 unspecified atom stereocenters. The summed E-state index contributed by atoms with van der Waals surface area (Å²) in [6.07, 6.45) is 3.12. The van der Waals surface area contributed by atoms with Crippen LogP contribution in [0.4, 0.5) is 5.82 Å². The Labute approximate surface area is 111 Å². The summed E-state index contributed by atoms with van der Waals surface area (Å²) in [5.74, 6) is 0.349. The van der Waals surface area contributed by atoms with E-state index < -0.39 is 6.04 Å². The summed E-state index contributed by atoms with van der Waals surface area (Å²) in [7, 11) is 3.18. The van der Waals surface area contributed by atoms with Crippen molar-refractivity contribution in [2.24, 2.45) is 13.0 Å². The molecule has 102 valence electrons. The molecule has 2 aromatic rings. The van der Waals surface area contributed by atoms with Crippen LogP contribution in [0.3, 0.4) is 0 Å². The smallest absolute Gasteiger partial charge is 0.328 e. The fraction of sp³-hybridized carbons (Fsp3) is 0.500. The molecule has 19 heavy (non-hydrogen) atoms. The van der Waals surface area contributed by atoms with Crippen molar-refractivity contribution in [2.75, 3.05) is 12.4 Å². The maximum absolute atomic E-state index is 11.8. The van der Waals surface area contributed by atoms with E-state index in [4.69, 9.17) is 4.74 Å². The zero-order valence-corrected chi connectivity index (χ0v) is 11.4. The van der Waals surface area contributed by atoms with Crippen LogP contribution in [0.25, 0.3) is 11.0 Å². The molecule has 1 N–H and O–H groups in total. The van der Waals surface area contributed by atoms with Gasteiger partial charge >= 0.3 is 5.97 Å². The van der Waals surface area contributed by atoms with E-state index in [0.29, 0.717) is 11.5 Å². The average molecular weight is 263 g/mol. The molecule has 0 radical (unpaired) electrons. The van der Waals surface area contributed by atoms with Crippen molar-refractivity contribution in [2.45, 2.75) is 19.9 Å². The summed E-state index contributed by atoms with van der Waals surface area (Å²) in [6, 6.07) is -0.455. The quantitative estimate of drug-likeness (QED) is 0.828. The molecular formula is C12H17N5O2. The minimum atomic E-state index is -0.455. The van der Waals surface area contributed by atoms with Crippen molar-refractivity contribution in [3.05, 3.63) is 12.5 Å². The van der Waals surface area contributed by atoms with E-state index in [1.807, 2.05) is 13.8 Å². The SMILES string of the molecule is COC(=O)C(Nc1ncnc2c1cnn2C)C(C)C. The van der Waals surface area contributed by atoms with Crippen molar-refractivity contribution < 1.29 is 9.53 Å². The number of ether oxygens (including phenoxy) is 1. The standard InChI is InChI=1S/C12H17N5O2/c1-7(2)9(12(18)19-4)16-10-8-5-15-17(3)11(8)14-6-13-10/h5-7,9H,1-4H3,(H,13,14,16). The minimum Gasteiger partial charge on any atom is -0.467 e. The number of anilines is 1. The van der Waals surface area contributed by atoms with Gasteiger partial charge < -0.3 is 10.1 Å². The van der Waals surface area contributed by atoms with Gasteiger partial charge in [0, 0.05) is 7.05 Å². The zero-order chi connectivity index (χ0) is 14.0. The molecule has 7 heteroatoms. The predicted octanol–water partition coefficient (Wildman–Crippen LogP) is 0.973. The van der Waals surface area contributed by atoms with Crippen molar-refractivity contribution >= 4 is 22.8 Å². The molecule has 0 spiro atoms. The zero-order valence-electron chi connectivity index (χ0n) is 11.4. The summed E-state index contributed by atoms with van der Waals surface area (Å²) in [5, 5.41) is 8.02. The fourth-order valence-corrected chi connectivity index (χ4v) is 1.85. The lowest BCUT2D eigenvalue weighted by molar-refractivity contribution is -0.142. The first-order chi connectivity index (χ1) is 9.04. The lowest BCUT2D eigenvalue weighted by Gasteiger charge is -2.20. The van der Waals surface area contributed by atoms with Gasteiger partial charge in [-0.3, -0.25) is 4.68 Å². The number of nitrogens with one attached hydrogen (secondary N) is 1. The van der Waals surface area contributed by atoms with Crippen molar-refractivity contribution in [1.82, 2.24) is 19.7 Å². The molecule has 7 nitrogen and oxygen atoms in total. The highest BCUT2D eigenvalue weighted by molar-refractivity contribution is 5.88. The number of rotatable bonds is 4. The first-order valence-electron chi connectivity index (χ1n) is 6.01. The maximum atomic E-state index is 11.8. The Morgan fingerprint density at radius 2 is 2.16 bits per heavy atom. The van der Waals surface area contributed by atoms with E-state index in [1.54, 1.807) is 17.9 Å². The van der Waals surface area contributed by atoms with Gasteiger partial charge in [-0.05, 0) is 5.92 Å². The number of carbonyl (C=O) groups is 1. The molecule has 0 bridgehead atoms. The molecular weight excluding hydrogens is 246 g/mol. The molecule has 0 aromatic carbocycles. The van der Waals surface area contributed by atoms with E-state index in [1.165, 1.54) is 13.4 Å². The average Bonchev–Trinajstić information content (AvgIpc) is 2.77. The third kappa shape index (κ3) is 2.49. The van der Waals surface area contributed by atoms with Gasteiger partial charge in [-0.15, -0.1) is 0 Å². The first kappa shape index (κ1) is 13.3. The molecule has 1 atom stereocenters. The third-order valence-corrected chi connectivity index (χ3v) is 2.94. The molecule has 2 rings (SSSR count). The molecule has 0 fully saturated rings. The van der Waals surface area contributed by atoms with E-state index in [9.17, 15) is 4.79 Å². The van der Waals surface area contributed by atoms with Gasteiger partial charge in [-0.25, -0.2) is 14.8 Å². The number of aryl methyl sites for hydroxylation is 1. The number of carbonyl (C=O) groups excluding carboxylic acids is 1. The van der Waals surface area contributed by atoms with Crippen LogP contribution in [0.1, 0.15) is 13.8 Å². The molecule has 0 saturated heterocycles. The number of fused-ring (bicyclic) bond motifs is 1. The second-order valence-electron chi connectivity index (χ2n) is 4.62. The first-order valence-corrected chi connectivity index (χ1v) is 6.01. The van der Waals surface area contributed by atoms with Crippen LogP contribution in [-0.4, -0.2) is 38.9 Å². The lowest BCUT2D eigenvalue weighted by Crippen LogP contribution is -2.35. The van der Waals surface area contributed by atoms with Gasteiger partial charge in [0.05, 0.1) is 18.7 Å². The lowest BCUT2D eigenvalue weighted by atomic mass is 10.0. The normalized spacial score (nSPS) is 12.7. The Morgan fingerprint density at radius 3 is 2.79 bits per heavy atom. The molecule has 0 aliphatic heterocycles. The predicted molar refractivity (Wildman–Crippen MR) is 70.6 cm³/mol. The van der Waals surface area contributed by atoms with Crippen LogP contribution in [0.5, 0.6) is 0 Å². The highest BCUT2D eigenvalue weighted by Gasteiger charge is 2.24. The van der Waals surface area contributed by atoms with E-state index in [-0.39, 0.29) is 11.9 Å². The number of aromatic nitrogens is 4. The number of nitrogens with zero attached hydrogens (tertiary/aromatic N) is 4. The highest BCUT2D eigenvalue weighted by atomic mass is 16.5. The van der Waals surface area contributed by atoms with Gasteiger partial charge in [-0.1, -0.05) is 13.8 Å². The second kappa shape index (κ2) is 5.21. The summed E-state index contributed by atoms with van der Waals surface area (Å²) in [6.45, 7) is 3.88. The Morgan fingerprint density at radius 1 is 1.42 bits per heavy atom. The van der Waals surface area contributed by atoms with Crippen molar-refractivity contribution in [3.63, 3.8) is 0 Å². The summed E-state index contributed by atoms with van der Waals surface area (Å²) in [4.78, 5) is 20.1. The summed E-state index contributed by atoms with van der Waals surface area (Å²) < 4.78 is 6.45. The van der Waals surface area contributed by atoms with Crippen molar-refractivity contribution in [3.8, 4) is 0 Å². The van der Waals surface area contributed by atoms with Gasteiger partial charge in [-0.2, -0.15) is 5.10 Å². The van der Waals surface area contributed by atoms with Gasteiger partial charge in [0.15, 0.2) is 5.65 Å². The van der Waals surface area contributed by atoms with E-state index in [2.05, 4.69) is 20.4 Å². The Bertz CT molecular complexity index is 593. The summed E-state index contributed by atoms with van der Waals surface area (Å²) in [5.41, 5.74) is 0.713. The molecule has 2 aromatic heterocycles. The monoisotopic (exact) mass is 263 g/mol. The Balaban J connectivity index is 2.36. The van der Waals surface area contributed by atoms with Gasteiger partial charge in [0.2, 0.25) is 0 Å². The number of methoxy groups -OCH3 is 1.